The summed E-state index contributed by atoms with van der Waals surface area (Å²) in [6.07, 6.45) is 39.1. The predicted molar refractivity (Wildman–Crippen MR) is 286 cm³/mol. The first-order chi connectivity index (χ1) is 33.4. The highest BCUT2D eigenvalue weighted by Gasteiger charge is 2.27. The minimum Gasteiger partial charge on any atom is -0.481 e. The van der Waals surface area contributed by atoms with Gasteiger partial charge >= 0.3 is 5.97 Å². The summed E-state index contributed by atoms with van der Waals surface area (Å²) in [4.78, 5) is 70.8. The van der Waals surface area contributed by atoms with E-state index in [2.05, 4.69) is 45.0 Å². The van der Waals surface area contributed by atoms with Gasteiger partial charge in [0.15, 0.2) is 5.96 Å². The average Bonchev–Trinajstić information content (AvgIpc) is 3.32. The third kappa shape index (κ3) is 43.1. The monoisotopic (exact) mass is 978 g/mol. The number of carboxylic acids is 1. The zero-order valence-corrected chi connectivity index (χ0v) is 44.5. The summed E-state index contributed by atoms with van der Waals surface area (Å²) in [6.45, 7) is 9.82. The molecule has 0 rings (SSSR count). The number of carbonyl (C=O) groups is 5. The highest BCUT2D eigenvalue weighted by atomic mass is 16.4. The number of nitrogens with two attached hydrogens (primary N) is 3. The van der Waals surface area contributed by atoms with E-state index in [1.54, 1.807) is 6.92 Å². The number of amides is 4. The molecule has 4 amide bonds. The van der Waals surface area contributed by atoms with Gasteiger partial charge in [0.05, 0.1) is 6.54 Å². The highest BCUT2D eigenvalue weighted by Crippen LogP contribution is 2.16. The molecule has 0 aromatic rings. The SMILES string of the molecule is CCCCCCCCCCCCCCCCN(CCCCCCCCCCCCCCCC)CCNC(=O)C(CCCCN)NC(=O)C(CCC(=O)O)NC(=O)CNC(=O)C(C)CCCN=C(N)N. The molecule has 0 fully saturated rings. The molecular weight excluding hydrogens is 871 g/mol. The molecule has 0 heterocycles. The second kappa shape index (κ2) is 48.2. The number of rotatable bonds is 51. The molecule has 0 aliphatic rings. The molecular formula is C54H107N9O6. The minimum absolute atomic E-state index is 0.0226. The van der Waals surface area contributed by atoms with E-state index in [-0.39, 0.29) is 30.6 Å². The number of carbonyl (C=O) groups excluding carboxylic acids is 4. The fraction of sp³-hybridized carbons (Fsp3) is 0.889. The lowest BCUT2D eigenvalue weighted by molar-refractivity contribution is -0.138. The van der Waals surface area contributed by atoms with Crippen LogP contribution in [-0.2, 0) is 24.0 Å². The maximum atomic E-state index is 13.7. The van der Waals surface area contributed by atoms with Gasteiger partial charge < -0.3 is 48.5 Å². The number of hydrogen-bond donors (Lipinski definition) is 8. The van der Waals surface area contributed by atoms with Crippen molar-refractivity contribution in [2.75, 3.05) is 45.8 Å². The van der Waals surface area contributed by atoms with Gasteiger partial charge in [0.25, 0.3) is 0 Å². The molecule has 0 aromatic heterocycles. The summed E-state index contributed by atoms with van der Waals surface area (Å²) in [7, 11) is 0. The van der Waals surface area contributed by atoms with Gasteiger partial charge in [0, 0.05) is 32.0 Å². The van der Waals surface area contributed by atoms with E-state index in [4.69, 9.17) is 17.2 Å². The Labute approximate surface area is 421 Å². The molecule has 0 aliphatic heterocycles. The second-order valence-electron chi connectivity index (χ2n) is 19.8. The molecule has 0 spiro atoms. The van der Waals surface area contributed by atoms with Crippen LogP contribution in [0.1, 0.15) is 245 Å². The molecule has 0 saturated heterocycles. The Morgan fingerprint density at radius 2 is 0.957 bits per heavy atom. The van der Waals surface area contributed by atoms with E-state index < -0.39 is 42.3 Å². The van der Waals surface area contributed by atoms with Crippen LogP contribution in [0.3, 0.4) is 0 Å². The van der Waals surface area contributed by atoms with E-state index in [1.807, 2.05) is 0 Å². The van der Waals surface area contributed by atoms with Crippen LogP contribution < -0.4 is 38.5 Å². The van der Waals surface area contributed by atoms with Crippen molar-refractivity contribution < 1.29 is 29.1 Å². The molecule has 0 aromatic carbocycles. The Bertz CT molecular complexity index is 1270. The number of carboxylic acid groups (broad SMARTS) is 1. The summed E-state index contributed by atoms with van der Waals surface area (Å²) in [5.74, 6) is -3.54. The van der Waals surface area contributed by atoms with Crippen molar-refractivity contribution >= 4 is 35.6 Å². The molecule has 0 radical (unpaired) electrons. The molecule has 11 N–H and O–H groups in total. The van der Waals surface area contributed by atoms with E-state index in [0.29, 0.717) is 58.3 Å². The number of nitrogens with zero attached hydrogens (tertiary/aromatic N) is 2. The molecule has 3 atom stereocenters. The topological polar surface area (TPSA) is 247 Å². The average molecular weight is 979 g/mol. The molecule has 15 nitrogen and oxygen atoms in total. The number of guanidine groups is 1. The van der Waals surface area contributed by atoms with Gasteiger partial charge in [-0.05, 0) is 71.0 Å². The van der Waals surface area contributed by atoms with Gasteiger partial charge in [0.1, 0.15) is 12.1 Å². The van der Waals surface area contributed by atoms with Crippen LogP contribution in [-0.4, -0.2) is 103 Å². The quantitative estimate of drug-likeness (QED) is 0.0163. The smallest absolute Gasteiger partial charge is 0.303 e. The standard InChI is InChI=1S/C54H107N9O6/c1-4-6-8-10-12-14-16-18-20-22-24-26-28-32-42-63(43-33-29-27-25-23-21-19-17-15-13-11-9-7-5-2)44-41-58-52(68)47(36-30-31-39-55)62-53(69)48(37-38-50(65)66)61-49(64)45-60-51(67)46(3)35-34-40-59-54(56)57/h46-48H,4-45,55H2,1-3H3,(H,58,68)(H,60,67)(H,61,64)(H,62,69)(H,65,66)(H4,56,57,59). The van der Waals surface area contributed by atoms with Crippen molar-refractivity contribution in [2.24, 2.45) is 28.1 Å². The fourth-order valence-corrected chi connectivity index (χ4v) is 8.75. The number of hydrogen-bond acceptors (Lipinski definition) is 8. The van der Waals surface area contributed by atoms with Gasteiger partial charge in [-0.15, -0.1) is 0 Å². The molecule has 0 bridgehead atoms. The Morgan fingerprint density at radius 1 is 0.507 bits per heavy atom. The van der Waals surface area contributed by atoms with Crippen LogP contribution in [0.4, 0.5) is 0 Å². The van der Waals surface area contributed by atoms with Gasteiger partial charge in [-0.2, -0.15) is 0 Å². The lowest BCUT2D eigenvalue weighted by atomic mass is 10.0. The Kier molecular flexibility index (Phi) is 45.8. The van der Waals surface area contributed by atoms with Gasteiger partial charge in [-0.25, -0.2) is 0 Å². The molecule has 3 unspecified atom stereocenters. The second-order valence-corrected chi connectivity index (χ2v) is 19.8. The van der Waals surface area contributed by atoms with Crippen molar-refractivity contribution in [1.82, 2.24) is 26.2 Å². The lowest BCUT2D eigenvalue weighted by Crippen LogP contribution is -2.55. The first-order valence-electron chi connectivity index (χ1n) is 28.3. The van der Waals surface area contributed by atoms with E-state index in [1.165, 1.54) is 167 Å². The number of unbranched alkanes of at least 4 members (excludes halogenated alkanes) is 27. The molecule has 0 saturated carbocycles. The third-order valence-corrected chi connectivity index (χ3v) is 13.2. The van der Waals surface area contributed by atoms with Crippen molar-refractivity contribution in [3.05, 3.63) is 0 Å². The number of aliphatic carboxylic acids is 1. The van der Waals surface area contributed by atoms with E-state index >= 15 is 0 Å². The Balaban J connectivity index is 5.24. The van der Waals surface area contributed by atoms with E-state index in [9.17, 15) is 29.1 Å². The maximum absolute atomic E-state index is 13.7. The summed E-state index contributed by atoms with van der Waals surface area (Å²) < 4.78 is 0. The van der Waals surface area contributed by atoms with E-state index in [0.717, 1.165) is 25.9 Å². The number of nitrogens with one attached hydrogen (secondary N) is 4. The summed E-state index contributed by atoms with van der Waals surface area (Å²) in [6, 6.07) is -2.11. The summed E-state index contributed by atoms with van der Waals surface area (Å²) in [5, 5.41) is 20.4. The minimum atomic E-state index is -1.22. The maximum Gasteiger partial charge on any atom is 0.303 e. The predicted octanol–water partition coefficient (Wildman–Crippen LogP) is 9.14. The molecule has 69 heavy (non-hydrogen) atoms. The van der Waals surface area contributed by atoms with Crippen LogP contribution >= 0.6 is 0 Å². The van der Waals surface area contributed by atoms with Crippen molar-refractivity contribution in [3.8, 4) is 0 Å². The van der Waals surface area contributed by atoms with Gasteiger partial charge in [-0.1, -0.05) is 188 Å². The number of aliphatic imine (C=N–C) groups is 1. The fourth-order valence-electron chi connectivity index (χ4n) is 8.75. The Morgan fingerprint density at radius 3 is 1.39 bits per heavy atom. The molecule has 404 valence electrons. The van der Waals surface area contributed by atoms with Crippen LogP contribution in [0.15, 0.2) is 4.99 Å². The zero-order valence-electron chi connectivity index (χ0n) is 44.5. The van der Waals surface area contributed by atoms with Gasteiger partial charge in [0.2, 0.25) is 23.6 Å². The van der Waals surface area contributed by atoms with Crippen LogP contribution in [0.5, 0.6) is 0 Å². The molecule has 15 heteroatoms. The highest BCUT2D eigenvalue weighted by molar-refractivity contribution is 5.93. The van der Waals surface area contributed by atoms with Crippen molar-refractivity contribution in [1.29, 1.82) is 0 Å². The van der Waals surface area contributed by atoms with Gasteiger partial charge in [-0.3, -0.25) is 29.0 Å². The summed E-state index contributed by atoms with van der Waals surface area (Å²) >= 11 is 0. The zero-order chi connectivity index (χ0) is 51.0. The lowest BCUT2D eigenvalue weighted by Gasteiger charge is -2.25. The van der Waals surface area contributed by atoms with Crippen molar-refractivity contribution in [2.45, 2.75) is 258 Å². The normalized spacial score (nSPS) is 12.6. The van der Waals surface area contributed by atoms with Crippen molar-refractivity contribution in [3.63, 3.8) is 0 Å². The van der Waals surface area contributed by atoms with Crippen LogP contribution in [0.25, 0.3) is 0 Å². The van der Waals surface area contributed by atoms with Crippen LogP contribution in [0.2, 0.25) is 0 Å². The summed E-state index contributed by atoms with van der Waals surface area (Å²) in [5.41, 5.74) is 16.5. The first kappa shape index (κ1) is 65.5. The Hall–Kier alpha value is -3.46. The third-order valence-electron chi connectivity index (χ3n) is 13.2. The largest absolute Gasteiger partial charge is 0.481 e. The van der Waals surface area contributed by atoms with Crippen LogP contribution in [0, 0.1) is 5.92 Å². The molecule has 0 aliphatic carbocycles. The first-order valence-corrected chi connectivity index (χ1v) is 28.3.